The molecule has 0 spiro atoms. The van der Waals surface area contributed by atoms with Crippen molar-refractivity contribution in [3.8, 4) is 0 Å². The maximum atomic E-state index is 13.5. The quantitative estimate of drug-likeness (QED) is 0.105. The van der Waals surface area contributed by atoms with E-state index >= 15 is 0 Å². The maximum absolute atomic E-state index is 13.5. The van der Waals surface area contributed by atoms with Gasteiger partial charge in [-0.2, -0.15) is 0 Å². The second-order valence-electron chi connectivity index (χ2n) is 10.7. The fourth-order valence-electron chi connectivity index (χ4n) is 3.32. The van der Waals surface area contributed by atoms with Gasteiger partial charge in [-0.05, 0) is 44.9 Å². The number of carbonyl (C=O) groups excluding carboxylic acids is 1. The molecule has 186 valence electrons. The monoisotopic (exact) mass is 495 g/mol. The molecule has 0 aromatic heterocycles. The third-order valence-electron chi connectivity index (χ3n) is 5.50. The van der Waals surface area contributed by atoms with E-state index in [9.17, 15) is 9.35 Å². The van der Waals surface area contributed by atoms with Crippen LogP contribution >= 0.6 is 0 Å². The van der Waals surface area contributed by atoms with Crippen LogP contribution in [-0.2, 0) is 42.3 Å². The molecule has 1 atom stereocenters. The Morgan fingerprint density at radius 2 is 1.88 bits per heavy atom. The molecule has 0 saturated carbocycles. The van der Waals surface area contributed by atoms with Crippen LogP contribution in [0, 0.1) is 0 Å². The minimum absolute atomic E-state index is 0.221. The molecule has 0 N–H and O–H groups in total. The molecule has 0 bridgehead atoms. The van der Waals surface area contributed by atoms with Crippen LogP contribution in [0.5, 0.6) is 0 Å². The van der Waals surface area contributed by atoms with Crippen molar-refractivity contribution in [1.82, 2.24) is 4.31 Å². The van der Waals surface area contributed by atoms with Crippen molar-refractivity contribution in [3.63, 3.8) is 0 Å². The van der Waals surface area contributed by atoms with Gasteiger partial charge in [0.2, 0.25) is 0 Å². The number of carbonyl (C=O) groups is 1. The molecular formula is C25H41NO5SSi. The molecule has 1 aromatic rings. The predicted octanol–water partition coefficient (Wildman–Crippen LogP) is 4.65. The highest BCUT2D eigenvalue weighted by Gasteiger charge is 2.54. The number of nitrogens with zero attached hydrogens (tertiary/aromatic N) is 1. The Labute approximate surface area is 204 Å². The molecule has 8 heteroatoms. The average molecular weight is 496 g/mol. The van der Waals surface area contributed by atoms with Crippen molar-refractivity contribution in [2.45, 2.75) is 70.1 Å². The van der Waals surface area contributed by atoms with Crippen LogP contribution in [0.15, 0.2) is 36.4 Å². The fraction of sp³-hybridized carbons (Fsp3) is 0.640. The van der Waals surface area contributed by atoms with E-state index in [0.717, 1.165) is 17.2 Å². The van der Waals surface area contributed by atoms with Crippen LogP contribution in [0.1, 0.15) is 38.8 Å². The van der Waals surface area contributed by atoms with Gasteiger partial charge in [-0.25, -0.2) is 0 Å². The zero-order chi connectivity index (χ0) is 24.7. The summed E-state index contributed by atoms with van der Waals surface area (Å²) in [5.74, 6) is -0.256. The highest BCUT2D eigenvalue weighted by Crippen LogP contribution is 2.40. The van der Waals surface area contributed by atoms with Crippen molar-refractivity contribution in [3.05, 3.63) is 47.5 Å². The first-order valence-electron chi connectivity index (χ1n) is 11.6. The SMILES string of the molecule is C/C=C/COC(=O)Cc1ccc(C2(N(COCC[Si](C)(C)C)[S+]([O-])C(C)(C)C)COC2)cc1. The Balaban J connectivity index is 2.17. The van der Waals surface area contributed by atoms with Gasteiger partial charge >= 0.3 is 5.97 Å². The lowest BCUT2D eigenvalue weighted by Gasteiger charge is -2.50. The normalized spacial score (nSPS) is 17.2. The highest BCUT2D eigenvalue weighted by molar-refractivity contribution is 7.90. The van der Waals surface area contributed by atoms with E-state index in [1.165, 1.54) is 0 Å². The molecule has 1 heterocycles. The smallest absolute Gasteiger partial charge is 0.310 e. The molecule has 6 nitrogen and oxygen atoms in total. The molecular weight excluding hydrogens is 454 g/mol. The van der Waals surface area contributed by atoms with Gasteiger partial charge in [-0.3, -0.25) is 4.79 Å². The largest absolute Gasteiger partial charge is 0.597 e. The molecule has 0 aliphatic carbocycles. The Morgan fingerprint density at radius 3 is 2.36 bits per heavy atom. The van der Waals surface area contributed by atoms with Crippen LogP contribution in [0.3, 0.4) is 0 Å². The zero-order valence-electron chi connectivity index (χ0n) is 21.3. The third kappa shape index (κ3) is 8.22. The number of benzene rings is 1. The van der Waals surface area contributed by atoms with Gasteiger partial charge in [0.1, 0.15) is 23.6 Å². The maximum Gasteiger partial charge on any atom is 0.310 e. The molecule has 1 aliphatic rings. The molecule has 2 rings (SSSR count). The standard InChI is InChI=1S/C25H41NO5SSi/c1-8-9-14-31-23(27)17-21-10-12-22(13-11-21)25(18-30-19-25)26(32(28)24(2,3)4)20-29-15-16-33(5,6)7/h8-13H,14-20H2,1-7H3/b9-8+. The summed E-state index contributed by atoms with van der Waals surface area (Å²) in [6.07, 6.45) is 3.88. The highest BCUT2D eigenvalue weighted by atomic mass is 32.2. The lowest BCUT2D eigenvalue weighted by Crippen LogP contribution is -2.64. The summed E-state index contributed by atoms with van der Waals surface area (Å²) in [6.45, 7) is 16.9. The van der Waals surface area contributed by atoms with Crippen molar-refractivity contribution in [2.75, 3.05) is 33.2 Å². The number of allylic oxidation sites excluding steroid dienone is 1. The predicted molar refractivity (Wildman–Crippen MR) is 137 cm³/mol. The number of hydrogen-bond donors (Lipinski definition) is 0. The van der Waals surface area contributed by atoms with Gasteiger partial charge in [0, 0.05) is 26.0 Å². The topological polar surface area (TPSA) is 71.1 Å². The minimum Gasteiger partial charge on any atom is -0.597 e. The summed E-state index contributed by atoms with van der Waals surface area (Å²) in [6, 6.07) is 8.95. The van der Waals surface area contributed by atoms with Gasteiger partial charge in [0.05, 0.1) is 19.6 Å². The molecule has 1 saturated heterocycles. The Hall–Kier alpha value is -1.16. The van der Waals surface area contributed by atoms with Crippen LogP contribution < -0.4 is 0 Å². The summed E-state index contributed by atoms with van der Waals surface area (Å²) in [4.78, 5) is 12.0. The second-order valence-corrected chi connectivity index (χ2v) is 18.5. The van der Waals surface area contributed by atoms with Gasteiger partial charge in [-0.1, -0.05) is 60.4 Å². The number of ether oxygens (including phenoxy) is 3. The summed E-state index contributed by atoms with van der Waals surface area (Å²) in [7, 11) is -1.21. The molecule has 1 aliphatic heterocycles. The summed E-state index contributed by atoms with van der Waals surface area (Å²) in [5, 5.41) is 0. The second kappa shape index (κ2) is 12.0. The minimum atomic E-state index is -1.28. The summed E-state index contributed by atoms with van der Waals surface area (Å²) in [5.41, 5.74) is 1.39. The molecule has 33 heavy (non-hydrogen) atoms. The molecule has 1 aromatic carbocycles. The molecule has 0 radical (unpaired) electrons. The molecule has 1 fully saturated rings. The van der Waals surface area contributed by atoms with Gasteiger partial charge in [-0.15, -0.1) is 0 Å². The Kier molecular flexibility index (Phi) is 10.2. The van der Waals surface area contributed by atoms with E-state index in [1.54, 1.807) is 6.08 Å². The van der Waals surface area contributed by atoms with Gasteiger partial charge < -0.3 is 18.8 Å². The van der Waals surface area contributed by atoms with E-state index < -0.39 is 29.7 Å². The molecule has 1 unspecified atom stereocenters. The molecule has 0 amide bonds. The zero-order valence-corrected chi connectivity index (χ0v) is 23.1. The van der Waals surface area contributed by atoms with Crippen LogP contribution in [-0.4, -0.2) is 60.8 Å². The van der Waals surface area contributed by atoms with E-state index in [0.29, 0.717) is 26.4 Å². The average Bonchev–Trinajstić information content (AvgIpc) is 2.68. The van der Waals surface area contributed by atoms with Gasteiger partial charge in [0.15, 0.2) is 0 Å². The Bertz CT molecular complexity index is 781. The first kappa shape index (κ1) is 28.1. The van der Waals surface area contributed by atoms with Crippen LogP contribution in [0.2, 0.25) is 25.7 Å². The number of rotatable bonds is 12. The van der Waals surface area contributed by atoms with E-state index in [2.05, 4.69) is 19.6 Å². The van der Waals surface area contributed by atoms with Crippen molar-refractivity contribution < 1.29 is 23.6 Å². The fourth-order valence-corrected chi connectivity index (χ4v) is 5.44. The van der Waals surface area contributed by atoms with E-state index in [4.69, 9.17) is 14.2 Å². The third-order valence-corrected chi connectivity index (χ3v) is 9.11. The van der Waals surface area contributed by atoms with E-state index in [-0.39, 0.29) is 19.1 Å². The summed E-state index contributed by atoms with van der Waals surface area (Å²) >= 11 is -1.28. The number of hydrogen-bond acceptors (Lipinski definition) is 6. The van der Waals surface area contributed by atoms with Crippen molar-refractivity contribution in [2.24, 2.45) is 0 Å². The van der Waals surface area contributed by atoms with Gasteiger partial charge in [0.25, 0.3) is 0 Å². The lowest BCUT2D eigenvalue weighted by molar-refractivity contribution is -0.141. The van der Waals surface area contributed by atoms with Crippen molar-refractivity contribution in [1.29, 1.82) is 0 Å². The number of esters is 1. The lowest BCUT2D eigenvalue weighted by atomic mass is 9.87. The summed E-state index contributed by atoms with van der Waals surface area (Å²) < 4.78 is 32.0. The first-order valence-corrected chi connectivity index (χ1v) is 16.4. The van der Waals surface area contributed by atoms with Crippen LogP contribution in [0.4, 0.5) is 0 Å². The van der Waals surface area contributed by atoms with E-state index in [1.807, 2.05) is 62.3 Å². The first-order chi connectivity index (χ1) is 15.4. The Morgan fingerprint density at radius 1 is 1.24 bits per heavy atom. The van der Waals surface area contributed by atoms with Crippen molar-refractivity contribution >= 4 is 25.4 Å². The van der Waals surface area contributed by atoms with Crippen LogP contribution in [0.25, 0.3) is 0 Å².